The molecule has 0 aromatic carbocycles. The van der Waals surface area contributed by atoms with Gasteiger partial charge in [-0.15, -0.1) is 0 Å². The number of fused-ring (bicyclic) bond motifs is 1. The van der Waals surface area contributed by atoms with Gasteiger partial charge in [-0.3, -0.25) is 4.98 Å². The number of nitrogens with two attached hydrogens (primary N) is 1. The van der Waals surface area contributed by atoms with Gasteiger partial charge < -0.3 is 10.6 Å². The van der Waals surface area contributed by atoms with Crippen LogP contribution in [0.25, 0.3) is 11.2 Å². The Hall–Kier alpha value is -1.82. The average Bonchev–Trinajstić information content (AvgIpc) is 2.43. The summed E-state index contributed by atoms with van der Waals surface area (Å²) < 4.78 is 0. The SMILES string of the molecule is CCN(CC(C)C(N)=S)c1ccc2nccnc2n1. The lowest BCUT2D eigenvalue weighted by Crippen LogP contribution is -2.34. The molecule has 0 aliphatic rings. The molecule has 0 saturated carbocycles. The van der Waals surface area contributed by atoms with E-state index in [1.165, 1.54) is 0 Å². The summed E-state index contributed by atoms with van der Waals surface area (Å²) in [4.78, 5) is 15.6. The van der Waals surface area contributed by atoms with Gasteiger partial charge in [-0.05, 0) is 19.1 Å². The molecule has 0 fully saturated rings. The largest absolute Gasteiger partial charge is 0.393 e. The molecule has 100 valence electrons. The number of hydrogen-bond acceptors (Lipinski definition) is 5. The van der Waals surface area contributed by atoms with E-state index in [1.54, 1.807) is 12.4 Å². The second-order valence-corrected chi connectivity index (χ2v) is 4.88. The average molecular weight is 275 g/mol. The fourth-order valence-electron chi connectivity index (χ4n) is 1.83. The van der Waals surface area contributed by atoms with E-state index in [4.69, 9.17) is 18.0 Å². The van der Waals surface area contributed by atoms with E-state index in [0.29, 0.717) is 10.6 Å². The number of rotatable bonds is 5. The van der Waals surface area contributed by atoms with Crippen molar-refractivity contribution in [1.82, 2.24) is 15.0 Å². The zero-order valence-electron chi connectivity index (χ0n) is 11.1. The molecule has 0 bridgehead atoms. The van der Waals surface area contributed by atoms with Crippen molar-refractivity contribution in [1.29, 1.82) is 0 Å². The standard InChI is InChI=1S/C13H17N5S/c1-3-18(8-9(2)12(14)19)11-5-4-10-13(17-11)16-7-6-15-10/h4-7,9H,3,8H2,1-2H3,(H2,14,19). The van der Waals surface area contributed by atoms with Crippen molar-refractivity contribution in [3.05, 3.63) is 24.5 Å². The third-order valence-electron chi connectivity index (χ3n) is 3.00. The van der Waals surface area contributed by atoms with Gasteiger partial charge in [0.25, 0.3) is 0 Å². The first-order valence-corrected chi connectivity index (χ1v) is 6.64. The van der Waals surface area contributed by atoms with Gasteiger partial charge in [0.2, 0.25) is 0 Å². The maximum atomic E-state index is 5.67. The zero-order chi connectivity index (χ0) is 13.8. The molecule has 0 spiro atoms. The molecule has 0 aliphatic heterocycles. The van der Waals surface area contributed by atoms with Crippen LogP contribution in [-0.4, -0.2) is 33.0 Å². The molecule has 2 rings (SSSR count). The highest BCUT2D eigenvalue weighted by Gasteiger charge is 2.13. The molecule has 2 aromatic rings. The van der Waals surface area contributed by atoms with Gasteiger partial charge in [-0.25, -0.2) is 9.97 Å². The number of nitrogens with zero attached hydrogens (tertiary/aromatic N) is 4. The van der Waals surface area contributed by atoms with Gasteiger partial charge in [-0.1, -0.05) is 19.1 Å². The molecule has 1 unspecified atom stereocenters. The predicted octanol–water partition coefficient (Wildman–Crippen LogP) is 1.77. The Morgan fingerprint density at radius 1 is 1.37 bits per heavy atom. The molecule has 2 aromatic heterocycles. The van der Waals surface area contributed by atoms with Gasteiger partial charge >= 0.3 is 0 Å². The predicted molar refractivity (Wildman–Crippen MR) is 81.2 cm³/mol. The van der Waals surface area contributed by atoms with Crippen LogP contribution >= 0.6 is 12.2 Å². The van der Waals surface area contributed by atoms with Crippen LogP contribution in [0.3, 0.4) is 0 Å². The molecule has 0 aliphatic carbocycles. The fourth-order valence-corrected chi connectivity index (χ4v) is 1.90. The van der Waals surface area contributed by atoms with Crippen molar-refractivity contribution in [3.8, 4) is 0 Å². The van der Waals surface area contributed by atoms with Gasteiger partial charge in [0.1, 0.15) is 11.3 Å². The monoisotopic (exact) mass is 275 g/mol. The summed E-state index contributed by atoms with van der Waals surface area (Å²) >= 11 is 5.02. The maximum Gasteiger partial charge on any atom is 0.180 e. The zero-order valence-corrected chi connectivity index (χ0v) is 11.9. The van der Waals surface area contributed by atoms with Crippen LogP contribution in [-0.2, 0) is 0 Å². The Bertz CT molecular complexity index is 586. The van der Waals surface area contributed by atoms with Crippen LogP contribution in [0.1, 0.15) is 13.8 Å². The van der Waals surface area contributed by atoms with E-state index in [0.717, 1.165) is 24.4 Å². The second kappa shape index (κ2) is 5.88. The first-order chi connectivity index (χ1) is 9.11. The van der Waals surface area contributed by atoms with Crippen molar-refractivity contribution in [2.75, 3.05) is 18.0 Å². The number of aromatic nitrogens is 3. The molecule has 19 heavy (non-hydrogen) atoms. The van der Waals surface area contributed by atoms with Gasteiger partial charge in [-0.2, -0.15) is 0 Å². The number of pyridine rings is 1. The van der Waals surface area contributed by atoms with Crippen LogP contribution in [0, 0.1) is 5.92 Å². The quantitative estimate of drug-likeness (QED) is 0.839. The minimum atomic E-state index is 0.148. The third kappa shape index (κ3) is 3.14. The van der Waals surface area contributed by atoms with E-state index in [1.807, 2.05) is 19.1 Å². The lowest BCUT2D eigenvalue weighted by atomic mass is 10.1. The van der Waals surface area contributed by atoms with Crippen molar-refractivity contribution in [3.63, 3.8) is 0 Å². The summed E-state index contributed by atoms with van der Waals surface area (Å²) in [5, 5.41) is 0. The first-order valence-electron chi connectivity index (χ1n) is 6.24. The minimum Gasteiger partial charge on any atom is -0.393 e. The van der Waals surface area contributed by atoms with Crippen LogP contribution in [0.15, 0.2) is 24.5 Å². The number of thiocarbonyl (C=S) groups is 1. The Morgan fingerprint density at radius 2 is 2.11 bits per heavy atom. The van der Waals surface area contributed by atoms with Crippen LogP contribution in [0.4, 0.5) is 5.82 Å². The fraction of sp³-hybridized carbons (Fsp3) is 0.385. The Labute approximate surface area is 117 Å². The molecule has 5 nitrogen and oxygen atoms in total. The molecule has 2 heterocycles. The maximum absolute atomic E-state index is 5.67. The van der Waals surface area contributed by atoms with Crippen molar-refractivity contribution in [2.24, 2.45) is 11.7 Å². The van der Waals surface area contributed by atoms with Crippen molar-refractivity contribution < 1.29 is 0 Å². The second-order valence-electron chi connectivity index (χ2n) is 4.41. The molecule has 6 heteroatoms. The van der Waals surface area contributed by atoms with Gasteiger partial charge in [0, 0.05) is 31.4 Å². The van der Waals surface area contributed by atoms with Crippen LogP contribution in [0.2, 0.25) is 0 Å². The summed E-state index contributed by atoms with van der Waals surface area (Å²) in [6, 6.07) is 3.88. The van der Waals surface area contributed by atoms with E-state index < -0.39 is 0 Å². The highest BCUT2D eigenvalue weighted by atomic mass is 32.1. The molecule has 1 atom stereocenters. The molecule has 2 N–H and O–H groups in total. The normalized spacial score (nSPS) is 12.3. The highest BCUT2D eigenvalue weighted by Crippen LogP contribution is 2.16. The topological polar surface area (TPSA) is 67.9 Å². The molecule has 0 saturated heterocycles. The van der Waals surface area contributed by atoms with E-state index in [9.17, 15) is 0 Å². The summed E-state index contributed by atoms with van der Waals surface area (Å²) in [6.07, 6.45) is 3.31. The van der Waals surface area contributed by atoms with Gasteiger partial charge in [0.05, 0.1) is 4.99 Å². The summed E-state index contributed by atoms with van der Waals surface area (Å²) in [5.74, 6) is 1.02. The summed E-state index contributed by atoms with van der Waals surface area (Å²) in [6.45, 7) is 5.69. The first kappa shape index (κ1) is 13.6. The Kier molecular flexibility index (Phi) is 4.21. The van der Waals surface area contributed by atoms with E-state index in [2.05, 4.69) is 26.8 Å². The minimum absolute atomic E-state index is 0.148. The van der Waals surface area contributed by atoms with Crippen LogP contribution < -0.4 is 10.6 Å². The Balaban J connectivity index is 2.27. The van der Waals surface area contributed by atoms with Crippen molar-refractivity contribution in [2.45, 2.75) is 13.8 Å². The lowest BCUT2D eigenvalue weighted by Gasteiger charge is -2.25. The highest BCUT2D eigenvalue weighted by molar-refractivity contribution is 7.80. The van der Waals surface area contributed by atoms with Gasteiger partial charge in [0.15, 0.2) is 5.65 Å². The molecular formula is C13H17N5S. The smallest absolute Gasteiger partial charge is 0.180 e. The summed E-state index contributed by atoms with van der Waals surface area (Å²) in [7, 11) is 0. The van der Waals surface area contributed by atoms with Crippen LogP contribution in [0.5, 0.6) is 0 Å². The molecule has 0 amide bonds. The van der Waals surface area contributed by atoms with Crippen molar-refractivity contribution >= 4 is 34.2 Å². The van der Waals surface area contributed by atoms with E-state index in [-0.39, 0.29) is 5.92 Å². The summed E-state index contributed by atoms with van der Waals surface area (Å²) in [5.41, 5.74) is 7.12. The van der Waals surface area contributed by atoms with E-state index >= 15 is 0 Å². The third-order valence-corrected chi connectivity index (χ3v) is 3.40. The number of hydrogen-bond donors (Lipinski definition) is 1. The Morgan fingerprint density at radius 3 is 2.79 bits per heavy atom. The molecular weight excluding hydrogens is 258 g/mol. The number of anilines is 1. The molecule has 0 radical (unpaired) electrons. The lowest BCUT2D eigenvalue weighted by molar-refractivity contribution is 0.701.